The summed E-state index contributed by atoms with van der Waals surface area (Å²) in [4.78, 5) is 20.1. The van der Waals surface area contributed by atoms with E-state index in [0.29, 0.717) is 16.4 Å². The molecule has 0 saturated heterocycles. The van der Waals surface area contributed by atoms with Crippen LogP contribution in [0.15, 0.2) is 35.7 Å². The third kappa shape index (κ3) is 2.79. The molecule has 21 heavy (non-hydrogen) atoms. The van der Waals surface area contributed by atoms with Crippen molar-refractivity contribution >= 4 is 34.2 Å². The first-order valence-electron chi connectivity index (χ1n) is 6.21. The Hall–Kier alpha value is -2.62. The van der Waals surface area contributed by atoms with Crippen molar-refractivity contribution in [1.29, 1.82) is 0 Å². The number of aliphatic hydroxyl groups excluding tert-OH is 1. The first-order valence-corrected chi connectivity index (χ1v) is 7.09. The number of aliphatic hydroxyl groups is 1. The number of thiophene rings is 1. The van der Waals surface area contributed by atoms with Gasteiger partial charge in [0.05, 0.1) is 11.0 Å². The van der Waals surface area contributed by atoms with Crippen LogP contribution in [0, 0.1) is 11.8 Å². The van der Waals surface area contributed by atoms with Crippen molar-refractivity contribution in [3.05, 3.63) is 46.2 Å². The Morgan fingerprint density at radius 1 is 1.38 bits per heavy atom. The van der Waals surface area contributed by atoms with E-state index in [4.69, 9.17) is 5.11 Å². The van der Waals surface area contributed by atoms with E-state index in [1.165, 1.54) is 11.3 Å². The number of nitrogens with one attached hydrogen (secondary N) is 2. The van der Waals surface area contributed by atoms with E-state index in [1.807, 2.05) is 24.3 Å². The number of carbonyl (C=O) groups is 1. The van der Waals surface area contributed by atoms with Crippen molar-refractivity contribution in [2.45, 2.75) is 0 Å². The van der Waals surface area contributed by atoms with Crippen molar-refractivity contribution in [2.24, 2.45) is 0 Å². The van der Waals surface area contributed by atoms with E-state index in [2.05, 4.69) is 27.1 Å². The van der Waals surface area contributed by atoms with Crippen molar-refractivity contribution in [1.82, 2.24) is 9.97 Å². The number of carbonyl (C=O) groups excluding carboxylic acids is 1. The van der Waals surface area contributed by atoms with Gasteiger partial charge in [0, 0.05) is 5.56 Å². The molecule has 5 nitrogen and oxygen atoms in total. The molecule has 3 aromatic rings. The SMILES string of the molecule is O=C(Nc1nc2ccccc2[nH]1)c1sccc1C#CCO. The molecule has 0 fully saturated rings. The molecule has 1 amide bonds. The van der Waals surface area contributed by atoms with Gasteiger partial charge in [-0.3, -0.25) is 10.1 Å². The number of para-hydroxylation sites is 2. The lowest BCUT2D eigenvalue weighted by atomic mass is 10.2. The van der Waals surface area contributed by atoms with Gasteiger partial charge < -0.3 is 10.1 Å². The number of fused-ring (bicyclic) bond motifs is 1. The number of nitrogens with zero attached hydrogens (tertiary/aromatic N) is 1. The third-order valence-electron chi connectivity index (χ3n) is 2.79. The summed E-state index contributed by atoms with van der Waals surface area (Å²) >= 11 is 1.30. The second-order valence-corrected chi connectivity index (χ2v) is 5.10. The van der Waals surface area contributed by atoms with Crippen LogP contribution in [-0.2, 0) is 0 Å². The summed E-state index contributed by atoms with van der Waals surface area (Å²) in [7, 11) is 0. The number of aromatic nitrogens is 2. The highest BCUT2D eigenvalue weighted by Crippen LogP contribution is 2.19. The van der Waals surface area contributed by atoms with Crippen LogP contribution >= 0.6 is 11.3 Å². The molecule has 0 saturated carbocycles. The van der Waals surface area contributed by atoms with Crippen molar-refractivity contribution in [3.63, 3.8) is 0 Å². The lowest BCUT2D eigenvalue weighted by Gasteiger charge is -1.99. The number of amides is 1. The third-order valence-corrected chi connectivity index (χ3v) is 3.71. The molecule has 3 N–H and O–H groups in total. The minimum Gasteiger partial charge on any atom is -0.384 e. The van der Waals surface area contributed by atoms with Crippen LogP contribution in [0.4, 0.5) is 5.95 Å². The van der Waals surface area contributed by atoms with Gasteiger partial charge in [-0.2, -0.15) is 0 Å². The number of imidazole rings is 1. The molecular weight excluding hydrogens is 286 g/mol. The Kier molecular flexibility index (Phi) is 3.69. The fraction of sp³-hybridized carbons (Fsp3) is 0.0667. The van der Waals surface area contributed by atoms with Crippen LogP contribution in [0.1, 0.15) is 15.2 Å². The maximum absolute atomic E-state index is 12.2. The molecule has 2 heterocycles. The molecule has 6 heteroatoms. The Balaban J connectivity index is 1.84. The van der Waals surface area contributed by atoms with Gasteiger partial charge in [0.15, 0.2) is 0 Å². The predicted octanol–water partition coefficient (Wildman–Crippen LogP) is 2.22. The fourth-order valence-electron chi connectivity index (χ4n) is 1.89. The molecule has 2 aromatic heterocycles. The molecule has 0 radical (unpaired) electrons. The molecule has 0 aliphatic carbocycles. The number of anilines is 1. The number of aromatic amines is 1. The number of rotatable bonds is 2. The fourth-order valence-corrected chi connectivity index (χ4v) is 2.64. The van der Waals surface area contributed by atoms with E-state index >= 15 is 0 Å². The van der Waals surface area contributed by atoms with E-state index in [1.54, 1.807) is 11.4 Å². The van der Waals surface area contributed by atoms with Crippen molar-refractivity contribution < 1.29 is 9.90 Å². The lowest BCUT2D eigenvalue weighted by molar-refractivity contribution is 0.102. The molecular formula is C15H11N3O2S. The highest BCUT2D eigenvalue weighted by molar-refractivity contribution is 7.12. The monoisotopic (exact) mass is 297 g/mol. The quantitative estimate of drug-likeness (QED) is 0.635. The van der Waals surface area contributed by atoms with Gasteiger partial charge >= 0.3 is 0 Å². The zero-order chi connectivity index (χ0) is 14.7. The van der Waals surface area contributed by atoms with Crippen LogP contribution in [0.5, 0.6) is 0 Å². The molecule has 0 aliphatic heterocycles. The van der Waals surface area contributed by atoms with Crippen LogP contribution in [0.2, 0.25) is 0 Å². The highest BCUT2D eigenvalue weighted by atomic mass is 32.1. The molecule has 0 aliphatic rings. The van der Waals surface area contributed by atoms with Gasteiger partial charge in [-0.15, -0.1) is 11.3 Å². The summed E-state index contributed by atoms with van der Waals surface area (Å²) in [6.07, 6.45) is 0. The largest absolute Gasteiger partial charge is 0.384 e. The van der Waals surface area contributed by atoms with Gasteiger partial charge in [0.1, 0.15) is 11.5 Å². The van der Waals surface area contributed by atoms with Crippen molar-refractivity contribution in [2.75, 3.05) is 11.9 Å². The molecule has 0 atom stereocenters. The average Bonchev–Trinajstić information content (AvgIpc) is 3.10. The van der Waals surface area contributed by atoms with Gasteiger partial charge in [-0.1, -0.05) is 24.0 Å². The zero-order valence-electron chi connectivity index (χ0n) is 10.9. The second kappa shape index (κ2) is 5.79. The van der Waals surface area contributed by atoms with Crippen LogP contribution < -0.4 is 5.32 Å². The van der Waals surface area contributed by atoms with Gasteiger partial charge in [-0.05, 0) is 23.6 Å². The summed E-state index contributed by atoms with van der Waals surface area (Å²) in [5, 5.41) is 13.2. The van der Waals surface area contributed by atoms with Gasteiger partial charge in [0.25, 0.3) is 5.91 Å². The standard InChI is InChI=1S/C15H11N3O2S/c19-8-3-4-10-7-9-21-13(10)14(20)18-15-16-11-5-1-2-6-12(11)17-15/h1-2,5-7,9,19H,8H2,(H2,16,17,18,20). The summed E-state index contributed by atoms with van der Waals surface area (Å²) in [6, 6.07) is 9.29. The maximum Gasteiger partial charge on any atom is 0.269 e. The second-order valence-electron chi connectivity index (χ2n) is 4.18. The molecule has 1 aromatic carbocycles. The first kappa shape index (κ1) is 13.4. The first-order chi connectivity index (χ1) is 10.3. The van der Waals surface area contributed by atoms with E-state index < -0.39 is 0 Å². The summed E-state index contributed by atoms with van der Waals surface area (Å²) < 4.78 is 0. The Morgan fingerprint density at radius 3 is 3.05 bits per heavy atom. The molecule has 0 bridgehead atoms. The number of hydrogen-bond donors (Lipinski definition) is 3. The zero-order valence-corrected chi connectivity index (χ0v) is 11.7. The smallest absolute Gasteiger partial charge is 0.269 e. The molecule has 0 spiro atoms. The predicted molar refractivity (Wildman–Crippen MR) is 82.3 cm³/mol. The van der Waals surface area contributed by atoms with E-state index in [0.717, 1.165) is 11.0 Å². The number of benzene rings is 1. The molecule has 0 unspecified atom stereocenters. The minimum atomic E-state index is -0.272. The topological polar surface area (TPSA) is 78.0 Å². The van der Waals surface area contributed by atoms with Gasteiger partial charge in [0.2, 0.25) is 5.95 Å². The van der Waals surface area contributed by atoms with Crippen LogP contribution in [0.25, 0.3) is 11.0 Å². The summed E-state index contributed by atoms with van der Waals surface area (Å²) in [6.45, 7) is -0.236. The van der Waals surface area contributed by atoms with Crippen LogP contribution in [-0.4, -0.2) is 27.6 Å². The lowest BCUT2D eigenvalue weighted by Crippen LogP contribution is -2.12. The Bertz CT molecular complexity index is 821. The minimum absolute atomic E-state index is 0.236. The van der Waals surface area contributed by atoms with Gasteiger partial charge in [-0.25, -0.2) is 4.98 Å². The summed E-state index contributed by atoms with van der Waals surface area (Å²) in [5.74, 6) is 5.42. The highest BCUT2D eigenvalue weighted by Gasteiger charge is 2.14. The van der Waals surface area contributed by atoms with E-state index in [9.17, 15) is 4.79 Å². The summed E-state index contributed by atoms with van der Waals surface area (Å²) in [5.41, 5.74) is 2.25. The Morgan fingerprint density at radius 2 is 2.24 bits per heavy atom. The average molecular weight is 297 g/mol. The van der Waals surface area contributed by atoms with Crippen LogP contribution in [0.3, 0.4) is 0 Å². The van der Waals surface area contributed by atoms with E-state index in [-0.39, 0.29) is 12.5 Å². The normalized spacial score (nSPS) is 10.1. The van der Waals surface area contributed by atoms with Crippen molar-refractivity contribution in [3.8, 4) is 11.8 Å². The number of hydrogen-bond acceptors (Lipinski definition) is 4. The maximum atomic E-state index is 12.2. The Labute approximate surface area is 124 Å². The number of H-pyrrole nitrogens is 1. The molecule has 3 rings (SSSR count). The molecule has 104 valence electrons.